The van der Waals surface area contributed by atoms with Gasteiger partial charge in [0, 0.05) is 19.7 Å². The number of unbranched alkanes of at least 4 members (excludes halogenated alkanes) is 9. The zero-order chi connectivity index (χ0) is 24.5. The van der Waals surface area contributed by atoms with Gasteiger partial charge in [-0.3, -0.25) is 0 Å². The fourth-order valence-electron chi connectivity index (χ4n) is 4.05. The molecule has 1 aromatic heterocycles. The maximum absolute atomic E-state index is 13.0. The molecule has 0 spiro atoms. The lowest BCUT2D eigenvalue weighted by atomic mass is 9.86. The van der Waals surface area contributed by atoms with Gasteiger partial charge in [0.15, 0.2) is 5.69 Å². The summed E-state index contributed by atoms with van der Waals surface area (Å²) in [6.45, 7) is 9.64. The second-order valence-electron chi connectivity index (χ2n) is 10.5. The van der Waals surface area contributed by atoms with E-state index in [1.807, 2.05) is 22.9 Å². The predicted molar refractivity (Wildman–Crippen MR) is 139 cm³/mol. The molecule has 0 N–H and O–H groups in total. The van der Waals surface area contributed by atoms with Gasteiger partial charge < -0.3 is 0 Å². The van der Waals surface area contributed by atoms with Gasteiger partial charge in [-0.1, -0.05) is 103 Å². The minimum absolute atomic E-state index is 0.0612. The van der Waals surface area contributed by atoms with Crippen LogP contribution in [0.2, 0.25) is 0 Å². The van der Waals surface area contributed by atoms with Crippen molar-refractivity contribution in [2.24, 2.45) is 0 Å². The van der Waals surface area contributed by atoms with E-state index in [0.717, 1.165) is 18.5 Å². The summed E-state index contributed by atoms with van der Waals surface area (Å²) in [6, 6.07) is 8.26. The third-order valence-electron chi connectivity index (χ3n) is 6.31. The van der Waals surface area contributed by atoms with E-state index in [1.165, 1.54) is 71.6 Å². The van der Waals surface area contributed by atoms with E-state index < -0.39 is 10.2 Å². The van der Waals surface area contributed by atoms with E-state index in [0.29, 0.717) is 5.69 Å². The maximum atomic E-state index is 13.0. The second kappa shape index (κ2) is 12.7. The first-order valence-electron chi connectivity index (χ1n) is 12.7. The molecule has 33 heavy (non-hydrogen) atoms. The van der Waals surface area contributed by atoms with E-state index >= 15 is 0 Å². The Morgan fingerprint density at radius 1 is 0.848 bits per heavy atom. The van der Waals surface area contributed by atoms with Crippen LogP contribution in [0.15, 0.2) is 36.8 Å². The van der Waals surface area contributed by atoms with E-state index in [9.17, 15) is 8.42 Å². The monoisotopic (exact) mass is 476 g/mol. The van der Waals surface area contributed by atoms with Gasteiger partial charge in [-0.05, 0) is 23.8 Å². The molecule has 0 amide bonds. The van der Waals surface area contributed by atoms with Crippen LogP contribution in [0.3, 0.4) is 0 Å². The van der Waals surface area contributed by atoms with Crippen molar-refractivity contribution in [2.45, 2.75) is 104 Å². The summed E-state index contributed by atoms with van der Waals surface area (Å²) < 4.78 is 30.7. The Kier molecular flexibility index (Phi) is 10.6. The van der Waals surface area contributed by atoms with Crippen LogP contribution in [0.4, 0.5) is 0 Å². The highest BCUT2D eigenvalue weighted by atomic mass is 32.2. The summed E-state index contributed by atoms with van der Waals surface area (Å²) in [5.41, 5.74) is 2.91. The number of aryl methyl sites for hydroxylation is 1. The molecule has 5 nitrogen and oxygen atoms in total. The van der Waals surface area contributed by atoms with Crippen molar-refractivity contribution in [1.29, 1.82) is 0 Å². The molecule has 0 saturated carbocycles. The molecule has 1 heterocycles. The Morgan fingerprint density at radius 3 is 1.85 bits per heavy atom. The molecule has 2 rings (SSSR count). The number of aromatic nitrogens is 2. The average Bonchev–Trinajstić information content (AvgIpc) is 3.19. The normalized spacial score (nSPS) is 12.6. The fourth-order valence-corrected chi connectivity index (χ4v) is 5.04. The Morgan fingerprint density at radius 2 is 1.36 bits per heavy atom. The van der Waals surface area contributed by atoms with Crippen molar-refractivity contribution in [2.75, 3.05) is 14.1 Å². The number of nitrogens with zero attached hydrogens (tertiary/aromatic N) is 3. The SMILES string of the molecule is CCCCCCCCCCCC[n+]1cc(-c2ccc(C(C)(C)C)cc2)n(S(=O)(=O)N(C)C)c1. The number of hydrogen-bond donors (Lipinski definition) is 0. The quantitative estimate of drug-likeness (QED) is 0.237. The molecule has 0 saturated heterocycles. The lowest BCUT2D eigenvalue weighted by Gasteiger charge is -2.19. The highest BCUT2D eigenvalue weighted by Crippen LogP contribution is 2.26. The average molecular weight is 477 g/mol. The molecule has 0 unspecified atom stereocenters. The summed E-state index contributed by atoms with van der Waals surface area (Å²) in [7, 11) is -0.441. The van der Waals surface area contributed by atoms with E-state index in [2.05, 4.69) is 39.8 Å². The van der Waals surface area contributed by atoms with Gasteiger partial charge in [0.05, 0.1) is 6.54 Å². The van der Waals surface area contributed by atoms with Crippen LogP contribution in [0.1, 0.15) is 97.5 Å². The maximum Gasteiger partial charge on any atom is 0.379 e. The number of rotatable bonds is 14. The van der Waals surface area contributed by atoms with Crippen molar-refractivity contribution in [3.05, 3.63) is 42.4 Å². The standard InChI is InChI=1S/C27H46N3O2S/c1-7-8-9-10-11-12-13-14-15-16-21-29-22-26(30(23-29)33(31,32)28(5)6)24-17-19-25(20-18-24)27(2,3)4/h17-20,22-23H,7-16,21H2,1-6H3/q+1. The zero-order valence-electron chi connectivity index (χ0n) is 21.8. The van der Waals surface area contributed by atoms with Crippen LogP contribution >= 0.6 is 0 Å². The number of imidazole rings is 1. The topological polar surface area (TPSA) is 46.2 Å². The third kappa shape index (κ3) is 8.25. The highest BCUT2D eigenvalue weighted by molar-refractivity contribution is 7.87. The van der Waals surface area contributed by atoms with Gasteiger partial charge in [-0.2, -0.15) is 12.7 Å². The van der Waals surface area contributed by atoms with Crippen molar-refractivity contribution in [3.63, 3.8) is 0 Å². The van der Waals surface area contributed by atoms with Crippen LogP contribution in [0, 0.1) is 0 Å². The largest absolute Gasteiger partial charge is 0.379 e. The second-order valence-corrected chi connectivity index (χ2v) is 12.5. The Labute approximate surface area is 203 Å². The molecule has 1 aromatic carbocycles. The van der Waals surface area contributed by atoms with E-state index in [4.69, 9.17) is 0 Å². The van der Waals surface area contributed by atoms with Gasteiger partial charge in [0.1, 0.15) is 6.20 Å². The number of benzene rings is 1. The lowest BCUT2D eigenvalue weighted by Crippen LogP contribution is -2.33. The molecule has 0 aliphatic carbocycles. The van der Waals surface area contributed by atoms with Crippen LogP contribution in [-0.2, 0) is 22.2 Å². The van der Waals surface area contributed by atoms with E-state index in [1.54, 1.807) is 20.4 Å². The summed E-state index contributed by atoms with van der Waals surface area (Å²) in [6.07, 6.45) is 16.6. The predicted octanol–water partition coefficient (Wildman–Crippen LogP) is 6.32. The van der Waals surface area contributed by atoms with Crippen LogP contribution in [-0.4, -0.2) is 30.8 Å². The van der Waals surface area contributed by atoms with Crippen molar-refractivity contribution >= 4 is 10.2 Å². The summed E-state index contributed by atoms with van der Waals surface area (Å²) in [5, 5.41) is 0. The molecule has 0 radical (unpaired) electrons. The Bertz CT molecular complexity index is 939. The van der Waals surface area contributed by atoms with Gasteiger partial charge in [-0.15, -0.1) is 3.97 Å². The first-order chi connectivity index (χ1) is 15.6. The van der Waals surface area contributed by atoms with Crippen molar-refractivity contribution < 1.29 is 13.0 Å². The first kappa shape index (κ1) is 27.6. The van der Waals surface area contributed by atoms with Crippen molar-refractivity contribution in [3.8, 4) is 11.3 Å². The zero-order valence-corrected chi connectivity index (χ0v) is 22.6. The molecule has 0 fully saturated rings. The highest BCUT2D eigenvalue weighted by Gasteiger charge is 2.29. The third-order valence-corrected chi connectivity index (χ3v) is 8.02. The summed E-state index contributed by atoms with van der Waals surface area (Å²) >= 11 is 0. The molecule has 186 valence electrons. The molecule has 0 bridgehead atoms. The van der Waals surface area contributed by atoms with Crippen LogP contribution < -0.4 is 4.57 Å². The van der Waals surface area contributed by atoms with Crippen LogP contribution in [0.25, 0.3) is 11.3 Å². The van der Waals surface area contributed by atoms with Gasteiger partial charge in [0.2, 0.25) is 0 Å². The molecule has 0 atom stereocenters. The minimum atomic E-state index is -3.60. The first-order valence-corrected chi connectivity index (χ1v) is 14.1. The minimum Gasteiger partial charge on any atom is -0.235 e. The molecule has 0 aliphatic heterocycles. The molecular formula is C27H46N3O2S+. The fraction of sp³-hybridized carbons (Fsp3) is 0.667. The number of hydrogen-bond acceptors (Lipinski definition) is 2. The van der Waals surface area contributed by atoms with Crippen LogP contribution in [0.5, 0.6) is 0 Å². The molecule has 2 aromatic rings. The van der Waals surface area contributed by atoms with Crippen molar-refractivity contribution in [1.82, 2.24) is 8.28 Å². The molecular weight excluding hydrogens is 430 g/mol. The van der Waals surface area contributed by atoms with Gasteiger partial charge in [0.25, 0.3) is 6.33 Å². The smallest absolute Gasteiger partial charge is 0.235 e. The Balaban J connectivity index is 2.02. The van der Waals surface area contributed by atoms with Gasteiger partial charge in [-0.25, -0.2) is 4.57 Å². The summed E-state index contributed by atoms with van der Waals surface area (Å²) in [5.74, 6) is 0. The molecule has 6 heteroatoms. The van der Waals surface area contributed by atoms with Gasteiger partial charge >= 0.3 is 10.2 Å². The lowest BCUT2D eigenvalue weighted by molar-refractivity contribution is -0.696. The summed E-state index contributed by atoms with van der Waals surface area (Å²) in [4.78, 5) is 0. The molecule has 0 aliphatic rings. The van der Waals surface area contributed by atoms with E-state index in [-0.39, 0.29) is 5.41 Å². The Hall–Kier alpha value is -1.66.